The van der Waals surface area contributed by atoms with Crippen LogP contribution in [0.15, 0.2) is 30.3 Å². The van der Waals surface area contributed by atoms with Crippen LogP contribution in [0.5, 0.6) is 5.75 Å². The minimum absolute atomic E-state index is 0.0972. The van der Waals surface area contributed by atoms with Gasteiger partial charge in [-0.25, -0.2) is 0 Å². The number of hydrogen-bond donors (Lipinski definition) is 2. The minimum atomic E-state index is -4.83. The molecule has 11 heteroatoms. The van der Waals surface area contributed by atoms with Crippen LogP contribution in [0.2, 0.25) is 0 Å². The summed E-state index contributed by atoms with van der Waals surface area (Å²) < 4.78 is 40.8. The average Bonchev–Trinajstić information content (AvgIpc) is 3.09. The molecule has 0 fully saturated rings. The fourth-order valence-corrected chi connectivity index (χ4v) is 4.21. The number of aliphatic carboxylic acids is 1. The van der Waals surface area contributed by atoms with E-state index in [1.165, 1.54) is 23.5 Å². The van der Waals surface area contributed by atoms with E-state index in [0.29, 0.717) is 5.00 Å². The number of ether oxygens (including phenoxy) is 1. The number of hydrogen-bond acceptors (Lipinski definition) is 6. The lowest BCUT2D eigenvalue weighted by Gasteiger charge is -2.09. The van der Waals surface area contributed by atoms with Crippen LogP contribution in [0.1, 0.15) is 47.0 Å². The lowest BCUT2D eigenvalue weighted by Crippen LogP contribution is -2.17. The maximum Gasteiger partial charge on any atom is 0.573 e. The first-order valence-electron chi connectivity index (χ1n) is 9.13. The average molecular weight is 476 g/mol. The first-order valence-corrected chi connectivity index (χ1v) is 11.1. The second kappa shape index (κ2) is 10.7. The van der Waals surface area contributed by atoms with Gasteiger partial charge in [0.05, 0.1) is 17.1 Å². The van der Waals surface area contributed by atoms with Crippen molar-refractivity contribution >= 4 is 45.8 Å². The van der Waals surface area contributed by atoms with E-state index >= 15 is 0 Å². The van der Waals surface area contributed by atoms with Crippen molar-refractivity contribution in [2.75, 3.05) is 16.8 Å². The Balaban J connectivity index is 2.24. The van der Waals surface area contributed by atoms with Crippen molar-refractivity contribution in [3.63, 3.8) is 0 Å². The van der Waals surface area contributed by atoms with Gasteiger partial charge in [0, 0.05) is 10.4 Å². The first kappa shape index (κ1) is 24.7. The molecule has 1 unspecified atom stereocenters. The van der Waals surface area contributed by atoms with E-state index in [-0.39, 0.29) is 28.6 Å². The molecule has 1 heterocycles. The highest BCUT2D eigenvalue weighted by Crippen LogP contribution is 2.36. The van der Waals surface area contributed by atoms with Gasteiger partial charge >= 0.3 is 12.3 Å². The van der Waals surface area contributed by atoms with Crippen molar-refractivity contribution in [3.05, 3.63) is 46.3 Å². The quantitative estimate of drug-likeness (QED) is 0.462. The molecule has 1 aromatic heterocycles. The molecule has 1 amide bonds. The van der Waals surface area contributed by atoms with Gasteiger partial charge in [-0.2, -0.15) is 0 Å². The standard InChI is InChI=1S/C20H20F3NO5S2/c1-3-11(2)15-8-14(19(31-15)24-16(25)9-30-10-17(26)27)18(28)12-4-6-13(7-5-12)29-20(21,22)23/h4-8,11H,3,9-10H2,1-2H3,(H,24,25)(H,26,27). The number of thiophene rings is 1. The molecule has 0 aliphatic rings. The number of halogens is 3. The SMILES string of the molecule is CCC(C)c1cc(C(=O)c2ccc(OC(F)(F)F)cc2)c(NC(=O)CSCC(=O)O)s1. The Kier molecular flexibility index (Phi) is 8.52. The molecule has 6 nitrogen and oxygen atoms in total. The summed E-state index contributed by atoms with van der Waals surface area (Å²) in [7, 11) is 0. The summed E-state index contributed by atoms with van der Waals surface area (Å²) in [5, 5.41) is 11.6. The molecule has 0 bridgehead atoms. The Morgan fingerprint density at radius 2 is 1.84 bits per heavy atom. The molecule has 0 aliphatic carbocycles. The molecule has 0 aliphatic heterocycles. The maximum absolute atomic E-state index is 13.0. The zero-order chi connectivity index (χ0) is 23.2. The van der Waals surface area contributed by atoms with E-state index in [1.54, 1.807) is 6.07 Å². The number of ketones is 1. The van der Waals surface area contributed by atoms with E-state index in [9.17, 15) is 27.6 Å². The van der Waals surface area contributed by atoms with Crippen LogP contribution < -0.4 is 10.1 Å². The molecule has 2 N–H and O–H groups in total. The van der Waals surface area contributed by atoms with E-state index in [2.05, 4.69) is 10.1 Å². The van der Waals surface area contributed by atoms with Gasteiger partial charge in [-0.05, 0) is 42.7 Å². The predicted molar refractivity (Wildman–Crippen MR) is 113 cm³/mol. The summed E-state index contributed by atoms with van der Waals surface area (Å²) in [4.78, 5) is 36.6. The van der Waals surface area contributed by atoms with Crippen molar-refractivity contribution in [1.29, 1.82) is 0 Å². The fourth-order valence-electron chi connectivity index (χ4n) is 2.47. The van der Waals surface area contributed by atoms with Crippen molar-refractivity contribution in [2.45, 2.75) is 32.5 Å². The molecule has 1 aromatic carbocycles. The lowest BCUT2D eigenvalue weighted by molar-refractivity contribution is -0.274. The lowest BCUT2D eigenvalue weighted by atomic mass is 10.0. The summed E-state index contributed by atoms with van der Waals surface area (Å²) in [6.45, 7) is 3.95. The zero-order valence-corrected chi connectivity index (χ0v) is 18.2. The van der Waals surface area contributed by atoms with Crippen LogP contribution in [0.25, 0.3) is 0 Å². The van der Waals surface area contributed by atoms with Gasteiger partial charge in [0.1, 0.15) is 10.8 Å². The number of rotatable bonds is 10. The van der Waals surface area contributed by atoms with Gasteiger partial charge in [-0.15, -0.1) is 36.3 Å². The normalized spacial score (nSPS) is 12.3. The molecule has 31 heavy (non-hydrogen) atoms. The Morgan fingerprint density at radius 1 is 1.19 bits per heavy atom. The zero-order valence-electron chi connectivity index (χ0n) is 16.6. The van der Waals surface area contributed by atoms with E-state index < -0.39 is 29.8 Å². The van der Waals surface area contributed by atoms with Crippen molar-refractivity contribution in [1.82, 2.24) is 0 Å². The topological polar surface area (TPSA) is 92.7 Å². The number of carbonyl (C=O) groups is 3. The monoisotopic (exact) mass is 475 g/mol. The maximum atomic E-state index is 13.0. The molecule has 168 valence electrons. The molecule has 2 rings (SSSR count). The third-order valence-electron chi connectivity index (χ3n) is 4.16. The molecule has 0 spiro atoms. The summed E-state index contributed by atoms with van der Waals surface area (Å²) in [5.41, 5.74) is 0.361. The van der Waals surface area contributed by atoms with Crippen LogP contribution in [-0.4, -0.2) is 40.6 Å². The minimum Gasteiger partial charge on any atom is -0.481 e. The van der Waals surface area contributed by atoms with Gasteiger partial charge in [-0.3, -0.25) is 14.4 Å². The number of carboxylic acids is 1. The van der Waals surface area contributed by atoms with Crippen LogP contribution >= 0.6 is 23.1 Å². The largest absolute Gasteiger partial charge is 0.573 e. The molecule has 2 aromatic rings. The van der Waals surface area contributed by atoms with Crippen molar-refractivity contribution in [3.8, 4) is 5.75 Å². The van der Waals surface area contributed by atoms with E-state index in [1.807, 2.05) is 13.8 Å². The highest BCUT2D eigenvalue weighted by Gasteiger charge is 2.31. The number of amides is 1. The Hall–Kier alpha value is -2.53. The van der Waals surface area contributed by atoms with Gasteiger partial charge in [0.15, 0.2) is 5.78 Å². The van der Waals surface area contributed by atoms with E-state index in [4.69, 9.17) is 5.11 Å². The molecule has 0 radical (unpaired) electrons. The van der Waals surface area contributed by atoms with Gasteiger partial charge in [0.25, 0.3) is 0 Å². The molecular formula is C20H20F3NO5S2. The van der Waals surface area contributed by atoms with Gasteiger partial charge in [0.2, 0.25) is 5.91 Å². The molecule has 0 saturated carbocycles. The first-order chi connectivity index (χ1) is 14.5. The van der Waals surface area contributed by atoms with Crippen molar-refractivity contribution in [2.24, 2.45) is 0 Å². The number of thioether (sulfide) groups is 1. The summed E-state index contributed by atoms with van der Waals surface area (Å²) in [6, 6.07) is 6.20. The van der Waals surface area contributed by atoms with E-state index in [0.717, 1.165) is 35.2 Å². The Bertz CT molecular complexity index is 941. The Morgan fingerprint density at radius 3 is 2.39 bits per heavy atom. The van der Waals surface area contributed by atoms with Gasteiger partial charge in [-0.1, -0.05) is 13.8 Å². The molecule has 1 atom stereocenters. The fraction of sp³-hybridized carbons (Fsp3) is 0.350. The smallest absolute Gasteiger partial charge is 0.481 e. The number of carbonyl (C=O) groups excluding carboxylic acids is 2. The number of benzene rings is 1. The number of anilines is 1. The van der Waals surface area contributed by atoms with Crippen LogP contribution in [-0.2, 0) is 9.59 Å². The summed E-state index contributed by atoms with van der Waals surface area (Å²) in [5.74, 6) is -2.59. The van der Waals surface area contributed by atoms with Crippen molar-refractivity contribution < 1.29 is 37.4 Å². The number of carboxylic acid groups (broad SMARTS) is 1. The second-order valence-electron chi connectivity index (χ2n) is 6.54. The third kappa shape index (κ3) is 7.59. The van der Waals surface area contributed by atoms with Crippen LogP contribution in [0.3, 0.4) is 0 Å². The second-order valence-corrected chi connectivity index (χ2v) is 8.61. The Labute approximate surface area is 184 Å². The van der Waals surface area contributed by atoms with Crippen LogP contribution in [0.4, 0.5) is 18.2 Å². The molecular weight excluding hydrogens is 455 g/mol. The highest BCUT2D eigenvalue weighted by atomic mass is 32.2. The summed E-state index contributed by atoms with van der Waals surface area (Å²) >= 11 is 2.17. The van der Waals surface area contributed by atoms with Crippen LogP contribution in [0, 0.1) is 0 Å². The predicted octanol–water partition coefficient (Wildman–Crippen LogP) is 5.15. The number of alkyl halides is 3. The number of nitrogens with one attached hydrogen (secondary N) is 1. The highest BCUT2D eigenvalue weighted by molar-refractivity contribution is 8.00. The summed E-state index contributed by atoms with van der Waals surface area (Å²) in [6.07, 6.45) is -4.03. The molecule has 0 saturated heterocycles. The van der Waals surface area contributed by atoms with Gasteiger partial charge < -0.3 is 15.2 Å². The third-order valence-corrected chi connectivity index (χ3v) is 6.35.